The molecule has 9 nitrogen and oxygen atoms in total. The minimum atomic E-state index is -4.27. The number of rotatable bonds is 38. The summed E-state index contributed by atoms with van der Waals surface area (Å²) in [6, 6.07) is 0. The molecule has 1 saturated heterocycles. The Kier molecular flexibility index (Phi) is 32.0. The van der Waals surface area contributed by atoms with E-state index in [0.29, 0.717) is 18.6 Å². The first kappa shape index (κ1) is 47.5. The summed E-state index contributed by atoms with van der Waals surface area (Å²) in [7, 11) is -4.27. The van der Waals surface area contributed by atoms with E-state index in [1.54, 1.807) is 6.26 Å². The number of hydrogen-bond acceptors (Lipinski definition) is 8. The van der Waals surface area contributed by atoms with Crippen molar-refractivity contribution < 1.29 is 37.5 Å². The van der Waals surface area contributed by atoms with Crippen molar-refractivity contribution in [3.05, 3.63) is 36.6 Å². The normalized spacial score (nSPS) is 17.8. The van der Waals surface area contributed by atoms with Crippen LogP contribution in [0.25, 0.3) is 0 Å². The number of carbonyl (C=O) groups excluding carboxylic acids is 1. The van der Waals surface area contributed by atoms with Crippen molar-refractivity contribution in [3.8, 4) is 0 Å². The molecule has 0 saturated carbocycles. The van der Waals surface area contributed by atoms with Gasteiger partial charge in [-0.15, -0.1) is 0 Å². The molecular formula is C41H76NO8P. The molecule has 0 radical (unpaired) electrons. The second-order valence-corrected chi connectivity index (χ2v) is 15.4. The Labute approximate surface area is 312 Å². The number of esters is 1. The van der Waals surface area contributed by atoms with Crippen molar-refractivity contribution in [2.45, 2.75) is 193 Å². The molecule has 298 valence electrons. The Balaban J connectivity index is 2.16. The summed E-state index contributed by atoms with van der Waals surface area (Å²) in [5.74, 6) is -0.309. The van der Waals surface area contributed by atoms with E-state index >= 15 is 0 Å². The van der Waals surface area contributed by atoms with Crippen molar-refractivity contribution in [2.75, 3.05) is 26.4 Å². The molecule has 0 spiro atoms. The number of ether oxygens (including phenoxy) is 3. The summed E-state index contributed by atoms with van der Waals surface area (Å²) in [6.45, 7) is 4.14. The van der Waals surface area contributed by atoms with Gasteiger partial charge in [-0.2, -0.15) is 0 Å². The third-order valence-corrected chi connectivity index (χ3v) is 10.0. The smallest absolute Gasteiger partial charge is 0.472 e. The van der Waals surface area contributed by atoms with E-state index in [2.05, 4.69) is 38.2 Å². The molecule has 0 aromatic carbocycles. The second kappa shape index (κ2) is 34.3. The lowest BCUT2D eigenvalue weighted by atomic mass is 10.1. The zero-order chi connectivity index (χ0) is 37.1. The lowest BCUT2D eigenvalue weighted by Gasteiger charge is -2.19. The van der Waals surface area contributed by atoms with Crippen LogP contribution in [0, 0.1) is 0 Å². The SMILES string of the molecule is CCCCCC/C=C\CCCCCCCC/C=C/O[C@H](COC(=O)CCCCCCC/C=C\CC1OC1CCCCC)COP(=O)(O)OCCN. The van der Waals surface area contributed by atoms with E-state index in [0.717, 1.165) is 57.8 Å². The van der Waals surface area contributed by atoms with Gasteiger partial charge in [0.1, 0.15) is 6.61 Å². The third kappa shape index (κ3) is 31.7. The highest BCUT2D eigenvalue weighted by Gasteiger charge is 2.36. The highest BCUT2D eigenvalue weighted by Crippen LogP contribution is 2.43. The Bertz CT molecular complexity index is 943. The van der Waals surface area contributed by atoms with Crippen LogP contribution < -0.4 is 5.73 Å². The predicted octanol–water partition coefficient (Wildman–Crippen LogP) is 11.2. The number of allylic oxidation sites excluding steroid dienone is 4. The molecule has 1 heterocycles. The van der Waals surface area contributed by atoms with Gasteiger partial charge in [0.2, 0.25) is 0 Å². The van der Waals surface area contributed by atoms with Crippen LogP contribution in [0.3, 0.4) is 0 Å². The van der Waals surface area contributed by atoms with Gasteiger partial charge in [-0.05, 0) is 76.7 Å². The molecule has 0 aromatic rings. The van der Waals surface area contributed by atoms with E-state index in [9.17, 15) is 14.3 Å². The maximum absolute atomic E-state index is 12.4. The third-order valence-electron chi connectivity index (χ3n) is 9.04. The van der Waals surface area contributed by atoms with Gasteiger partial charge in [-0.1, -0.05) is 122 Å². The minimum Gasteiger partial charge on any atom is -0.492 e. The van der Waals surface area contributed by atoms with Crippen LogP contribution in [-0.2, 0) is 32.6 Å². The van der Waals surface area contributed by atoms with Crippen LogP contribution in [0.1, 0.15) is 174 Å². The van der Waals surface area contributed by atoms with E-state index in [1.807, 2.05) is 6.08 Å². The van der Waals surface area contributed by atoms with Gasteiger partial charge in [-0.25, -0.2) is 4.57 Å². The van der Waals surface area contributed by atoms with Gasteiger partial charge in [0.15, 0.2) is 6.10 Å². The number of phosphoric ester groups is 1. The van der Waals surface area contributed by atoms with Crippen LogP contribution in [0.15, 0.2) is 36.6 Å². The summed E-state index contributed by atoms with van der Waals surface area (Å²) in [4.78, 5) is 22.3. The zero-order valence-electron chi connectivity index (χ0n) is 32.5. The van der Waals surface area contributed by atoms with Crippen LogP contribution in [0.2, 0.25) is 0 Å². The monoisotopic (exact) mass is 742 g/mol. The number of unbranched alkanes of at least 4 members (excludes halogenated alkanes) is 18. The van der Waals surface area contributed by atoms with Crippen LogP contribution in [-0.4, -0.2) is 55.5 Å². The first-order valence-electron chi connectivity index (χ1n) is 20.6. The van der Waals surface area contributed by atoms with Crippen LogP contribution in [0.5, 0.6) is 0 Å². The first-order valence-corrected chi connectivity index (χ1v) is 22.1. The molecule has 1 rings (SSSR count). The summed E-state index contributed by atoms with van der Waals surface area (Å²) in [5.41, 5.74) is 5.36. The Hall–Kier alpha value is -1.48. The van der Waals surface area contributed by atoms with Crippen LogP contribution >= 0.6 is 7.82 Å². The highest BCUT2D eigenvalue weighted by atomic mass is 31.2. The molecule has 1 aliphatic rings. The molecule has 51 heavy (non-hydrogen) atoms. The van der Waals surface area contributed by atoms with Gasteiger partial charge in [0.05, 0.1) is 31.7 Å². The average molecular weight is 742 g/mol. The van der Waals surface area contributed by atoms with Crippen molar-refractivity contribution in [3.63, 3.8) is 0 Å². The number of phosphoric acid groups is 1. The molecule has 0 aromatic heterocycles. The maximum atomic E-state index is 12.4. The summed E-state index contributed by atoms with van der Waals surface area (Å²) in [6.07, 6.45) is 41.4. The van der Waals surface area contributed by atoms with Crippen molar-refractivity contribution in [2.24, 2.45) is 5.73 Å². The van der Waals surface area contributed by atoms with Gasteiger partial charge in [0.25, 0.3) is 0 Å². The highest BCUT2D eigenvalue weighted by molar-refractivity contribution is 7.47. The van der Waals surface area contributed by atoms with E-state index in [4.69, 9.17) is 29.0 Å². The Morgan fingerprint density at radius 3 is 1.88 bits per heavy atom. The van der Waals surface area contributed by atoms with E-state index < -0.39 is 13.9 Å². The minimum absolute atomic E-state index is 0.0776. The average Bonchev–Trinajstić information content (AvgIpc) is 3.88. The largest absolute Gasteiger partial charge is 0.492 e. The molecule has 3 N–H and O–H groups in total. The molecule has 10 heteroatoms. The van der Waals surface area contributed by atoms with E-state index in [1.165, 1.54) is 96.3 Å². The molecule has 0 amide bonds. The first-order chi connectivity index (χ1) is 24.9. The Morgan fingerprint density at radius 2 is 1.25 bits per heavy atom. The summed E-state index contributed by atoms with van der Waals surface area (Å²) < 4.78 is 38.9. The number of epoxide rings is 1. The second-order valence-electron chi connectivity index (χ2n) is 13.9. The molecule has 1 aliphatic heterocycles. The van der Waals surface area contributed by atoms with Crippen molar-refractivity contribution in [1.29, 1.82) is 0 Å². The van der Waals surface area contributed by atoms with Gasteiger partial charge in [0, 0.05) is 13.0 Å². The lowest BCUT2D eigenvalue weighted by Crippen LogP contribution is -2.25. The standard InChI is InChI=1S/C41H76NO8P/c1-3-5-7-8-9-10-11-12-13-14-15-16-19-22-25-29-34-46-38(37-49-51(44,45)48-35-33-42)36-47-41(43)32-28-24-21-18-17-20-23-27-31-40-39(50-40)30-26-6-4-2/h10-11,23,27,29,34,38-40H,3-9,12-22,24-26,28,30-33,35-37,42H2,1-2H3,(H,44,45)/b11-10-,27-23-,34-29+/t38-,39?,40?/m1/s1. The Morgan fingerprint density at radius 1 is 0.706 bits per heavy atom. The predicted molar refractivity (Wildman–Crippen MR) is 209 cm³/mol. The summed E-state index contributed by atoms with van der Waals surface area (Å²) in [5, 5.41) is 0. The number of carbonyl (C=O) groups is 1. The fraction of sp³-hybridized carbons (Fsp3) is 0.829. The van der Waals surface area contributed by atoms with Crippen molar-refractivity contribution >= 4 is 13.8 Å². The van der Waals surface area contributed by atoms with Gasteiger partial charge < -0.3 is 24.8 Å². The molecule has 0 aliphatic carbocycles. The topological polar surface area (TPSA) is 130 Å². The zero-order valence-corrected chi connectivity index (χ0v) is 33.4. The van der Waals surface area contributed by atoms with E-state index in [-0.39, 0.29) is 32.3 Å². The number of hydrogen-bond donors (Lipinski definition) is 2. The number of nitrogens with two attached hydrogens (primary N) is 1. The summed E-state index contributed by atoms with van der Waals surface area (Å²) >= 11 is 0. The fourth-order valence-electron chi connectivity index (χ4n) is 5.80. The molecule has 1 fully saturated rings. The van der Waals surface area contributed by atoms with Gasteiger partial charge in [-0.3, -0.25) is 13.8 Å². The lowest BCUT2D eigenvalue weighted by molar-refractivity contribution is -0.147. The quantitative estimate of drug-likeness (QED) is 0.0159. The van der Waals surface area contributed by atoms with Crippen LogP contribution in [0.4, 0.5) is 0 Å². The van der Waals surface area contributed by atoms with Gasteiger partial charge >= 0.3 is 13.8 Å². The molecule has 4 atom stereocenters. The molecular weight excluding hydrogens is 665 g/mol. The fourth-order valence-corrected chi connectivity index (χ4v) is 6.57. The molecule has 3 unspecified atom stereocenters. The maximum Gasteiger partial charge on any atom is 0.472 e. The molecule has 0 bridgehead atoms. The van der Waals surface area contributed by atoms with Crippen molar-refractivity contribution in [1.82, 2.24) is 0 Å².